The molecule has 0 radical (unpaired) electrons. The molecule has 0 amide bonds. The van der Waals surface area contributed by atoms with Crippen LogP contribution >= 0.6 is 12.6 Å². The smallest absolute Gasteiger partial charge is 0.186 e. The molecule has 0 spiro atoms. The Morgan fingerprint density at radius 2 is 1.88 bits per heavy atom. The first-order valence-corrected chi connectivity index (χ1v) is 6.17. The number of thiol groups is 1. The summed E-state index contributed by atoms with van der Waals surface area (Å²) in [5.74, 6) is 0.262. The Labute approximate surface area is 101 Å². The van der Waals surface area contributed by atoms with Crippen LogP contribution in [0.25, 0.3) is 0 Å². The lowest BCUT2D eigenvalue weighted by atomic mass is 10.00. The molecule has 1 aliphatic rings. The zero-order chi connectivity index (χ0) is 12.1. The molecule has 1 heterocycles. The largest absolute Gasteiger partial charge is 0.388 e. The van der Waals surface area contributed by atoms with Crippen molar-refractivity contribution in [2.45, 2.75) is 50.5 Å². The zero-order valence-corrected chi connectivity index (χ0v) is 10.2. The van der Waals surface area contributed by atoms with Gasteiger partial charge in [-0.1, -0.05) is 13.3 Å². The van der Waals surface area contributed by atoms with Gasteiger partial charge in [-0.25, -0.2) is 0 Å². The number of hydrogen-bond acceptors (Lipinski definition) is 6. The number of unbranched alkanes of at least 4 members (excludes halogenated alkanes) is 1. The monoisotopic (exact) mass is 252 g/mol. The van der Waals surface area contributed by atoms with E-state index in [1.165, 1.54) is 0 Å². The fraction of sp³-hybridized carbons (Fsp3) is 1.00. The summed E-state index contributed by atoms with van der Waals surface area (Å²) >= 11 is 4.01. The highest BCUT2D eigenvalue weighted by molar-refractivity contribution is 7.80. The van der Waals surface area contributed by atoms with Crippen LogP contribution in [0.5, 0.6) is 0 Å². The standard InChI is InChI=1S/C10H20O5S/c1-2-3-4-14-10-9(13)8(12)7(11)6(5-16)15-10/h6-13,16H,2-5H2,1H3/t6?,7-,8-,9?,10-/m0/s1. The Bertz CT molecular complexity index is 202. The Kier molecular flexibility index (Phi) is 6.02. The van der Waals surface area contributed by atoms with Crippen molar-refractivity contribution in [1.29, 1.82) is 0 Å². The van der Waals surface area contributed by atoms with Gasteiger partial charge in [0.1, 0.15) is 18.3 Å². The van der Waals surface area contributed by atoms with E-state index in [4.69, 9.17) is 9.47 Å². The molecule has 1 aliphatic heterocycles. The van der Waals surface area contributed by atoms with Crippen LogP contribution < -0.4 is 0 Å². The summed E-state index contributed by atoms with van der Waals surface area (Å²) in [7, 11) is 0. The second-order valence-corrected chi connectivity index (χ2v) is 4.29. The van der Waals surface area contributed by atoms with Crippen molar-refractivity contribution in [3.63, 3.8) is 0 Å². The summed E-state index contributed by atoms with van der Waals surface area (Å²) < 4.78 is 10.6. The molecule has 96 valence electrons. The van der Waals surface area contributed by atoms with E-state index in [1.54, 1.807) is 0 Å². The van der Waals surface area contributed by atoms with E-state index in [1.807, 2.05) is 6.92 Å². The minimum Gasteiger partial charge on any atom is -0.388 e. The fourth-order valence-corrected chi connectivity index (χ4v) is 1.85. The van der Waals surface area contributed by atoms with Gasteiger partial charge in [-0.3, -0.25) is 0 Å². The Balaban J connectivity index is 2.50. The molecule has 0 aromatic carbocycles. The lowest BCUT2D eigenvalue weighted by Gasteiger charge is -2.39. The molecule has 3 N–H and O–H groups in total. The normalized spacial score (nSPS) is 39.9. The van der Waals surface area contributed by atoms with E-state index in [-0.39, 0.29) is 5.75 Å². The van der Waals surface area contributed by atoms with Gasteiger partial charge in [-0.2, -0.15) is 12.6 Å². The molecule has 1 fully saturated rings. The average Bonchev–Trinajstić information content (AvgIpc) is 2.29. The number of ether oxygens (including phenoxy) is 2. The highest BCUT2D eigenvalue weighted by Crippen LogP contribution is 2.22. The summed E-state index contributed by atoms with van der Waals surface area (Å²) in [4.78, 5) is 0. The van der Waals surface area contributed by atoms with Gasteiger partial charge < -0.3 is 24.8 Å². The van der Waals surface area contributed by atoms with Crippen LogP contribution in [-0.4, -0.2) is 58.4 Å². The fourth-order valence-electron chi connectivity index (χ4n) is 1.55. The number of hydrogen-bond donors (Lipinski definition) is 4. The molecule has 0 aromatic heterocycles. The van der Waals surface area contributed by atoms with Crippen LogP contribution in [0.2, 0.25) is 0 Å². The Morgan fingerprint density at radius 1 is 1.19 bits per heavy atom. The topological polar surface area (TPSA) is 79.2 Å². The third-order valence-corrected chi connectivity index (χ3v) is 2.99. The Hall–Kier alpha value is 0.150. The van der Waals surface area contributed by atoms with Crippen LogP contribution in [0.4, 0.5) is 0 Å². The van der Waals surface area contributed by atoms with Crippen LogP contribution in [0.1, 0.15) is 19.8 Å². The summed E-state index contributed by atoms with van der Waals surface area (Å²) in [6.45, 7) is 2.48. The van der Waals surface area contributed by atoms with E-state index >= 15 is 0 Å². The molecule has 0 aromatic rings. The molecule has 16 heavy (non-hydrogen) atoms. The maximum Gasteiger partial charge on any atom is 0.186 e. The maximum atomic E-state index is 9.64. The molecular weight excluding hydrogens is 232 g/mol. The first kappa shape index (κ1) is 14.2. The van der Waals surface area contributed by atoms with E-state index in [0.717, 1.165) is 12.8 Å². The third-order valence-electron chi connectivity index (χ3n) is 2.63. The first-order valence-electron chi connectivity index (χ1n) is 5.54. The molecular formula is C10H20O5S. The van der Waals surface area contributed by atoms with Crippen molar-refractivity contribution >= 4 is 12.6 Å². The summed E-state index contributed by atoms with van der Waals surface area (Å²) in [6.07, 6.45) is -3.27. The van der Waals surface area contributed by atoms with E-state index in [2.05, 4.69) is 12.6 Å². The number of rotatable bonds is 5. The van der Waals surface area contributed by atoms with Gasteiger partial charge in [0.25, 0.3) is 0 Å². The molecule has 5 nitrogen and oxygen atoms in total. The summed E-state index contributed by atoms with van der Waals surface area (Å²) in [6, 6.07) is 0. The lowest BCUT2D eigenvalue weighted by Crippen LogP contribution is -2.58. The van der Waals surface area contributed by atoms with Gasteiger partial charge in [0.05, 0.1) is 6.10 Å². The molecule has 5 atom stereocenters. The van der Waals surface area contributed by atoms with E-state index in [0.29, 0.717) is 6.61 Å². The van der Waals surface area contributed by atoms with Crippen molar-refractivity contribution < 1.29 is 24.8 Å². The quantitative estimate of drug-likeness (QED) is 0.393. The van der Waals surface area contributed by atoms with Crippen molar-refractivity contribution in [1.82, 2.24) is 0 Å². The first-order chi connectivity index (χ1) is 7.61. The van der Waals surface area contributed by atoms with Crippen molar-refractivity contribution in [3.8, 4) is 0 Å². The van der Waals surface area contributed by atoms with Gasteiger partial charge in [-0.15, -0.1) is 0 Å². The maximum absolute atomic E-state index is 9.64. The van der Waals surface area contributed by atoms with Gasteiger partial charge in [0.15, 0.2) is 6.29 Å². The average molecular weight is 252 g/mol. The van der Waals surface area contributed by atoms with Crippen LogP contribution in [0, 0.1) is 0 Å². The second-order valence-electron chi connectivity index (χ2n) is 3.92. The van der Waals surface area contributed by atoms with Crippen LogP contribution in [-0.2, 0) is 9.47 Å². The van der Waals surface area contributed by atoms with Crippen LogP contribution in [0.3, 0.4) is 0 Å². The second kappa shape index (κ2) is 6.78. The minimum atomic E-state index is -1.25. The lowest BCUT2D eigenvalue weighted by molar-refractivity contribution is -0.292. The third kappa shape index (κ3) is 3.32. The zero-order valence-electron chi connectivity index (χ0n) is 9.32. The van der Waals surface area contributed by atoms with Crippen molar-refractivity contribution in [2.75, 3.05) is 12.4 Å². The van der Waals surface area contributed by atoms with Gasteiger partial charge in [0, 0.05) is 12.4 Å². The highest BCUT2D eigenvalue weighted by atomic mass is 32.1. The molecule has 6 heteroatoms. The Morgan fingerprint density at radius 3 is 2.44 bits per heavy atom. The van der Waals surface area contributed by atoms with Gasteiger partial charge >= 0.3 is 0 Å². The van der Waals surface area contributed by atoms with Crippen LogP contribution in [0.15, 0.2) is 0 Å². The van der Waals surface area contributed by atoms with Gasteiger partial charge in [0.2, 0.25) is 0 Å². The number of aliphatic hydroxyl groups is 3. The minimum absolute atomic E-state index is 0.262. The highest BCUT2D eigenvalue weighted by Gasteiger charge is 2.43. The molecule has 1 rings (SSSR count). The van der Waals surface area contributed by atoms with Crippen molar-refractivity contribution in [3.05, 3.63) is 0 Å². The predicted octanol–water partition coefficient (Wildman–Crippen LogP) is -0.460. The molecule has 0 aliphatic carbocycles. The summed E-state index contributed by atoms with van der Waals surface area (Å²) in [5.41, 5.74) is 0. The molecule has 0 bridgehead atoms. The molecule has 1 saturated heterocycles. The molecule has 0 saturated carbocycles. The summed E-state index contributed by atoms with van der Waals surface area (Å²) in [5, 5.41) is 28.8. The van der Waals surface area contributed by atoms with E-state index < -0.39 is 30.7 Å². The predicted molar refractivity (Wildman–Crippen MR) is 61.4 cm³/mol. The van der Waals surface area contributed by atoms with Gasteiger partial charge in [-0.05, 0) is 6.42 Å². The van der Waals surface area contributed by atoms with Crippen molar-refractivity contribution in [2.24, 2.45) is 0 Å². The molecule has 2 unspecified atom stereocenters. The number of aliphatic hydroxyl groups excluding tert-OH is 3. The van der Waals surface area contributed by atoms with E-state index in [9.17, 15) is 15.3 Å². The SMILES string of the molecule is CCCCO[C@H]1OC(CS)[C@H](O)[C@H](O)C1O.